The lowest BCUT2D eigenvalue weighted by Gasteiger charge is -2.20. The van der Waals surface area contributed by atoms with Gasteiger partial charge in [-0.05, 0) is 30.0 Å². The van der Waals surface area contributed by atoms with E-state index in [4.69, 9.17) is 10.5 Å². The molecule has 0 unspecified atom stereocenters. The summed E-state index contributed by atoms with van der Waals surface area (Å²) in [5, 5.41) is 0. The summed E-state index contributed by atoms with van der Waals surface area (Å²) < 4.78 is 5.37. The molecule has 0 aliphatic heterocycles. The third kappa shape index (κ3) is 2.75. The van der Waals surface area contributed by atoms with Gasteiger partial charge in [0.2, 0.25) is 0 Å². The zero-order chi connectivity index (χ0) is 12.3. The first-order chi connectivity index (χ1) is 7.36. The van der Waals surface area contributed by atoms with E-state index in [0.29, 0.717) is 17.9 Å². The molecule has 0 atom stereocenters. The van der Waals surface area contributed by atoms with E-state index in [1.54, 1.807) is 0 Å². The van der Waals surface area contributed by atoms with Crippen molar-refractivity contribution >= 4 is 5.91 Å². The molecule has 2 N–H and O–H groups in total. The fraction of sp³-hybridized carbons (Fsp3) is 0.462. The van der Waals surface area contributed by atoms with Gasteiger partial charge in [-0.3, -0.25) is 4.79 Å². The van der Waals surface area contributed by atoms with E-state index in [1.807, 2.05) is 25.1 Å². The Morgan fingerprint density at radius 1 is 1.38 bits per heavy atom. The molecule has 0 saturated carbocycles. The average Bonchev–Trinajstić information content (AvgIpc) is 2.16. The Hall–Kier alpha value is -1.51. The number of benzene rings is 1. The van der Waals surface area contributed by atoms with Crippen LogP contribution in [0.15, 0.2) is 18.2 Å². The number of hydrogen-bond acceptors (Lipinski definition) is 2. The molecule has 0 radical (unpaired) electrons. The highest BCUT2D eigenvalue weighted by atomic mass is 16.5. The average molecular weight is 221 g/mol. The van der Waals surface area contributed by atoms with Crippen LogP contribution in [-0.2, 0) is 5.41 Å². The first-order valence-electron chi connectivity index (χ1n) is 5.43. The number of rotatable bonds is 3. The van der Waals surface area contributed by atoms with Gasteiger partial charge in [-0.15, -0.1) is 0 Å². The Bertz CT molecular complexity index is 391. The largest absolute Gasteiger partial charge is 0.493 e. The van der Waals surface area contributed by atoms with E-state index in [2.05, 4.69) is 20.8 Å². The number of amides is 1. The first-order valence-corrected chi connectivity index (χ1v) is 5.43. The van der Waals surface area contributed by atoms with Crippen LogP contribution in [-0.4, -0.2) is 12.5 Å². The SMILES string of the molecule is CCOc1ccc(C(C)(C)C)cc1C(N)=O. The lowest BCUT2D eigenvalue weighted by Crippen LogP contribution is -2.17. The van der Waals surface area contributed by atoms with Crippen molar-refractivity contribution in [1.82, 2.24) is 0 Å². The van der Waals surface area contributed by atoms with Crippen molar-refractivity contribution in [3.8, 4) is 5.75 Å². The lowest BCUT2D eigenvalue weighted by molar-refractivity contribution is 0.0996. The highest BCUT2D eigenvalue weighted by Gasteiger charge is 2.17. The minimum Gasteiger partial charge on any atom is -0.493 e. The number of nitrogens with two attached hydrogens (primary N) is 1. The zero-order valence-corrected chi connectivity index (χ0v) is 10.3. The quantitative estimate of drug-likeness (QED) is 0.852. The van der Waals surface area contributed by atoms with Gasteiger partial charge in [0, 0.05) is 0 Å². The number of hydrogen-bond donors (Lipinski definition) is 1. The summed E-state index contributed by atoms with van der Waals surface area (Å²) in [5.74, 6) is 0.109. The summed E-state index contributed by atoms with van der Waals surface area (Å²) in [5.41, 5.74) is 6.86. The van der Waals surface area contributed by atoms with Crippen molar-refractivity contribution in [1.29, 1.82) is 0 Å². The minimum atomic E-state index is -0.449. The summed E-state index contributed by atoms with van der Waals surface area (Å²) in [6.45, 7) is 8.67. The number of carbonyl (C=O) groups is 1. The molecule has 0 heterocycles. The summed E-state index contributed by atoms with van der Waals surface area (Å²) >= 11 is 0. The van der Waals surface area contributed by atoms with Crippen LogP contribution in [0.25, 0.3) is 0 Å². The van der Waals surface area contributed by atoms with Crippen LogP contribution in [0.3, 0.4) is 0 Å². The Balaban J connectivity index is 3.23. The highest BCUT2D eigenvalue weighted by Crippen LogP contribution is 2.27. The summed E-state index contributed by atoms with van der Waals surface area (Å²) in [4.78, 5) is 11.3. The van der Waals surface area contributed by atoms with Gasteiger partial charge in [-0.25, -0.2) is 0 Å². The van der Waals surface area contributed by atoms with Gasteiger partial charge in [0.1, 0.15) is 5.75 Å². The van der Waals surface area contributed by atoms with E-state index in [-0.39, 0.29) is 5.41 Å². The topological polar surface area (TPSA) is 52.3 Å². The Morgan fingerprint density at radius 2 is 2.00 bits per heavy atom. The molecular formula is C13H19NO2. The molecule has 0 bridgehead atoms. The van der Waals surface area contributed by atoms with Gasteiger partial charge >= 0.3 is 0 Å². The first kappa shape index (κ1) is 12.6. The van der Waals surface area contributed by atoms with E-state index in [1.165, 1.54) is 0 Å². The fourth-order valence-electron chi connectivity index (χ4n) is 1.47. The van der Waals surface area contributed by atoms with Crippen molar-refractivity contribution in [2.75, 3.05) is 6.61 Å². The monoisotopic (exact) mass is 221 g/mol. The van der Waals surface area contributed by atoms with E-state index >= 15 is 0 Å². The Labute approximate surface area is 96.6 Å². The van der Waals surface area contributed by atoms with E-state index < -0.39 is 5.91 Å². The maximum Gasteiger partial charge on any atom is 0.252 e. The molecular weight excluding hydrogens is 202 g/mol. The maximum absolute atomic E-state index is 11.3. The molecule has 88 valence electrons. The molecule has 0 aliphatic rings. The second-order valence-electron chi connectivity index (χ2n) is 4.76. The van der Waals surface area contributed by atoms with Gasteiger partial charge < -0.3 is 10.5 Å². The predicted octanol–water partition coefficient (Wildman–Crippen LogP) is 2.48. The van der Waals surface area contributed by atoms with Crippen molar-refractivity contribution in [2.45, 2.75) is 33.1 Å². The van der Waals surface area contributed by atoms with Crippen LogP contribution in [0.4, 0.5) is 0 Å². The molecule has 1 aromatic rings. The fourth-order valence-corrected chi connectivity index (χ4v) is 1.47. The molecule has 1 aromatic carbocycles. The second kappa shape index (κ2) is 4.56. The normalized spacial score (nSPS) is 11.2. The number of primary amides is 1. The van der Waals surface area contributed by atoms with E-state index in [9.17, 15) is 4.79 Å². The molecule has 0 fully saturated rings. The van der Waals surface area contributed by atoms with Crippen LogP contribution in [0.5, 0.6) is 5.75 Å². The van der Waals surface area contributed by atoms with Gasteiger partial charge in [0.15, 0.2) is 0 Å². The van der Waals surface area contributed by atoms with Gasteiger partial charge in [-0.2, -0.15) is 0 Å². The molecule has 0 aromatic heterocycles. The third-order valence-electron chi connectivity index (χ3n) is 2.41. The van der Waals surface area contributed by atoms with Crippen LogP contribution >= 0.6 is 0 Å². The van der Waals surface area contributed by atoms with Crippen LogP contribution in [0.1, 0.15) is 43.6 Å². The van der Waals surface area contributed by atoms with Crippen LogP contribution < -0.4 is 10.5 Å². The molecule has 3 nitrogen and oxygen atoms in total. The predicted molar refractivity (Wildman–Crippen MR) is 64.8 cm³/mol. The minimum absolute atomic E-state index is 0.00502. The standard InChI is InChI=1S/C13H19NO2/c1-5-16-11-7-6-9(13(2,3)4)8-10(11)12(14)15/h6-8H,5H2,1-4H3,(H2,14,15). The van der Waals surface area contributed by atoms with Gasteiger partial charge in [0.25, 0.3) is 5.91 Å². The van der Waals surface area contributed by atoms with E-state index in [0.717, 1.165) is 5.56 Å². The molecule has 0 spiro atoms. The Morgan fingerprint density at radius 3 is 2.44 bits per heavy atom. The summed E-state index contributed by atoms with van der Waals surface area (Å²) in [6, 6.07) is 5.59. The number of carbonyl (C=O) groups excluding carboxylic acids is 1. The molecule has 3 heteroatoms. The Kier molecular flexibility index (Phi) is 3.58. The van der Waals surface area contributed by atoms with Gasteiger partial charge in [0.05, 0.1) is 12.2 Å². The lowest BCUT2D eigenvalue weighted by atomic mass is 9.86. The zero-order valence-electron chi connectivity index (χ0n) is 10.3. The van der Waals surface area contributed by atoms with Crippen molar-refractivity contribution in [2.24, 2.45) is 5.73 Å². The van der Waals surface area contributed by atoms with Crippen molar-refractivity contribution in [3.05, 3.63) is 29.3 Å². The van der Waals surface area contributed by atoms with Crippen molar-refractivity contribution in [3.63, 3.8) is 0 Å². The molecule has 0 saturated heterocycles. The molecule has 16 heavy (non-hydrogen) atoms. The third-order valence-corrected chi connectivity index (χ3v) is 2.41. The van der Waals surface area contributed by atoms with Crippen LogP contribution in [0, 0.1) is 0 Å². The summed E-state index contributed by atoms with van der Waals surface area (Å²) in [7, 11) is 0. The molecule has 0 aliphatic carbocycles. The highest BCUT2D eigenvalue weighted by molar-refractivity contribution is 5.95. The second-order valence-corrected chi connectivity index (χ2v) is 4.76. The smallest absolute Gasteiger partial charge is 0.252 e. The molecule has 1 rings (SSSR count). The van der Waals surface area contributed by atoms with Crippen molar-refractivity contribution < 1.29 is 9.53 Å². The summed E-state index contributed by atoms with van der Waals surface area (Å²) in [6.07, 6.45) is 0. The van der Waals surface area contributed by atoms with Crippen LogP contribution in [0.2, 0.25) is 0 Å². The number of ether oxygens (including phenoxy) is 1. The maximum atomic E-state index is 11.3. The van der Waals surface area contributed by atoms with Gasteiger partial charge in [-0.1, -0.05) is 26.8 Å². The molecule has 1 amide bonds.